The number of carboxylic acids is 1. The van der Waals surface area contributed by atoms with E-state index in [2.05, 4.69) is 17.0 Å². The van der Waals surface area contributed by atoms with Crippen molar-refractivity contribution in [3.63, 3.8) is 0 Å². The molecule has 8 nitrogen and oxygen atoms in total. The number of aryl methyl sites for hydroxylation is 1. The van der Waals surface area contributed by atoms with E-state index in [0.29, 0.717) is 38.3 Å². The highest BCUT2D eigenvalue weighted by Crippen LogP contribution is 2.47. The number of rotatable bonds is 8. The van der Waals surface area contributed by atoms with Crippen molar-refractivity contribution in [1.29, 1.82) is 0 Å². The predicted molar refractivity (Wildman–Crippen MR) is 172 cm³/mol. The van der Waals surface area contributed by atoms with Gasteiger partial charge >= 0.3 is 5.97 Å². The Balaban J connectivity index is 1.23. The van der Waals surface area contributed by atoms with Crippen LogP contribution in [0.25, 0.3) is 0 Å². The highest BCUT2D eigenvalue weighted by Gasteiger charge is 2.46. The van der Waals surface area contributed by atoms with Crippen LogP contribution < -0.4 is 14.8 Å². The van der Waals surface area contributed by atoms with Gasteiger partial charge in [-0.3, -0.25) is 0 Å². The number of carbonyl (C=O) groups is 1. The SMILES string of the molecule is C[C@@]1(C/C=C/C(O)[C@@H]2CC[C@H]2CN2C[C@@]3(CCCc4cc(Cl)ccc43)COc3ccc(C(=O)O)cc32)CCC[C@@H]1S(N)(=O)=O. The number of aliphatic hydroxyl groups excluding tert-OH is 1. The molecule has 2 fully saturated rings. The molecule has 2 saturated carbocycles. The molecular formula is C34H43ClN2O6S. The normalized spacial score (nSPS) is 30.7. The molecule has 2 aromatic carbocycles. The van der Waals surface area contributed by atoms with Crippen molar-refractivity contribution in [1.82, 2.24) is 0 Å². The second-order valence-corrected chi connectivity index (χ2v) is 16.0. The molecule has 1 unspecified atom stereocenters. The van der Waals surface area contributed by atoms with Crippen LogP contribution in [0.5, 0.6) is 5.75 Å². The Hall–Kier alpha value is -2.59. The average molecular weight is 643 g/mol. The zero-order valence-corrected chi connectivity index (χ0v) is 26.8. The fraction of sp³-hybridized carbons (Fsp3) is 0.559. The Bertz CT molecular complexity index is 1560. The first-order valence-electron chi connectivity index (χ1n) is 15.8. The van der Waals surface area contributed by atoms with Crippen molar-refractivity contribution in [2.75, 3.05) is 24.6 Å². The van der Waals surface area contributed by atoms with Crippen LogP contribution in [0.2, 0.25) is 5.02 Å². The molecule has 4 aliphatic rings. The number of halogens is 1. The lowest BCUT2D eigenvalue weighted by molar-refractivity contribution is 0.0455. The first-order valence-corrected chi connectivity index (χ1v) is 17.8. The molecule has 4 N–H and O–H groups in total. The number of primary sulfonamides is 1. The summed E-state index contributed by atoms with van der Waals surface area (Å²) in [4.78, 5) is 14.2. The van der Waals surface area contributed by atoms with Crippen molar-refractivity contribution >= 4 is 33.3 Å². The number of ether oxygens (including phenoxy) is 1. The van der Waals surface area contributed by atoms with Gasteiger partial charge in [0.1, 0.15) is 5.75 Å². The van der Waals surface area contributed by atoms with Crippen molar-refractivity contribution in [2.24, 2.45) is 22.4 Å². The molecule has 238 valence electrons. The Labute approximate surface area is 265 Å². The maximum Gasteiger partial charge on any atom is 0.335 e. The molecule has 10 heteroatoms. The maximum absolute atomic E-state index is 12.2. The average Bonchev–Trinajstić information content (AvgIpc) is 3.28. The van der Waals surface area contributed by atoms with E-state index < -0.39 is 32.8 Å². The summed E-state index contributed by atoms with van der Waals surface area (Å²) in [7, 11) is -3.62. The molecule has 1 aliphatic heterocycles. The van der Waals surface area contributed by atoms with Crippen LogP contribution in [-0.2, 0) is 21.9 Å². The molecule has 0 radical (unpaired) electrons. The Morgan fingerprint density at radius 3 is 2.73 bits per heavy atom. The number of aliphatic hydroxyl groups is 1. The van der Waals surface area contributed by atoms with E-state index in [9.17, 15) is 23.4 Å². The van der Waals surface area contributed by atoms with E-state index >= 15 is 0 Å². The monoisotopic (exact) mass is 642 g/mol. The third-order valence-electron chi connectivity index (χ3n) is 11.0. The van der Waals surface area contributed by atoms with Gasteiger partial charge < -0.3 is 19.8 Å². The van der Waals surface area contributed by atoms with Crippen molar-refractivity contribution in [3.8, 4) is 5.75 Å². The van der Waals surface area contributed by atoms with Crippen molar-refractivity contribution in [2.45, 2.75) is 81.5 Å². The summed E-state index contributed by atoms with van der Waals surface area (Å²) in [5.41, 5.74) is 2.80. The minimum atomic E-state index is -3.62. The highest BCUT2D eigenvalue weighted by molar-refractivity contribution is 7.89. The zero-order chi connectivity index (χ0) is 31.3. The lowest BCUT2D eigenvalue weighted by Gasteiger charge is -2.45. The van der Waals surface area contributed by atoms with Gasteiger partial charge in [0.25, 0.3) is 0 Å². The fourth-order valence-corrected chi connectivity index (χ4v) is 10.1. The molecule has 0 amide bonds. The summed E-state index contributed by atoms with van der Waals surface area (Å²) >= 11 is 6.37. The van der Waals surface area contributed by atoms with Crippen LogP contribution in [0, 0.1) is 17.3 Å². The number of aromatic carboxylic acids is 1. The van der Waals surface area contributed by atoms with E-state index in [1.54, 1.807) is 18.2 Å². The van der Waals surface area contributed by atoms with Crippen LogP contribution in [-0.4, -0.2) is 55.7 Å². The molecule has 0 bridgehead atoms. The Kier molecular flexibility index (Phi) is 8.54. The summed E-state index contributed by atoms with van der Waals surface area (Å²) in [5.74, 6) is -0.0374. The smallest absolute Gasteiger partial charge is 0.335 e. The van der Waals surface area contributed by atoms with E-state index in [1.165, 1.54) is 11.1 Å². The zero-order valence-electron chi connectivity index (χ0n) is 25.3. The van der Waals surface area contributed by atoms with Crippen LogP contribution in [0.15, 0.2) is 48.6 Å². The molecule has 44 heavy (non-hydrogen) atoms. The van der Waals surface area contributed by atoms with E-state index in [0.717, 1.165) is 55.7 Å². The number of nitrogens with zero attached hydrogens (tertiary/aromatic N) is 1. The first kappa shape index (κ1) is 31.4. The fourth-order valence-electron chi connectivity index (χ4n) is 8.42. The van der Waals surface area contributed by atoms with Gasteiger partial charge in [-0.25, -0.2) is 18.4 Å². The summed E-state index contributed by atoms with van der Waals surface area (Å²) in [6.45, 7) is 3.83. The van der Waals surface area contributed by atoms with E-state index in [1.807, 2.05) is 25.1 Å². The molecule has 3 aliphatic carbocycles. The van der Waals surface area contributed by atoms with Gasteiger partial charge in [0.05, 0.1) is 29.2 Å². The van der Waals surface area contributed by atoms with Crippen molar-refractivity contribution in [3.05, 3.63) is 70.3 Å². The molecule has 0 saturated heterocycles. The number of benzene rings is 2. The largest absolute Gasteiger partial charge is 0.490 e. The summed E-state index contributed by atoms with van der Waals surface area (Å²) in [6.07, 6.45) is 10.7. The van der Waals surface area contributed by atoms with Gasteiger partial charge in [0.15, 0.2) is 0 Å². The van der Waals surface area contributed by atoms with Crippen LogP contribution in [0.1, 0.15) is 79.8 Å². The number of fused-ring (bicyclic) bond motifs is 3. The molecule has 6 rings (SSSR count). The van der Waals surface area contributed by atoms with Gasteiger partial charge in [-0.2, -0.15) is 0 Å². The summed E-state index contributed by atoms with van der Waals surface area (Å²) in [5, 5.41) is 26.7. The van der Waals surface area contributed by atoms with Gasteiger partial charge in [0.2, 0.25) is 10.0 Å². The maximum atomic E-state index is 12.2. The number of hydrogen-bond acceptors (Lipinski definition) is 6. The minimum absolute atomic E-state index is 0.0559. The highest BCUT2D eigenvalue weighted by atomic mass is 35.5. The van der Waals surface area contributed by atoms with Crippen LogP contribution in [0.3, 0.4) is 0 Å². The second-order valence-electron chi connectivity index (χ2n) is 13.8. The molecule has 1 spiro atoms. The lowest BCUT2D eigenvalue weighted by atomic mass is 9.68. The quantitative estimate of drug-likeness (QED) is 0.315. The number of hydrogen-bond donors (Lipinski definition) is 3. The first-order chi connectivity index (χ1) is 20.9. The predicted octanol–water partition coefficient (Wildman–Crippen LogP) is 5.69. The van der Waals surface area contributed by atoms with Crippen LogP contribution >= 0.6 is 11.6 Å². The molecule has 1 heterocycles. The number of sulfonamides is 1. The number of allylic oxidation sites excluding steroid dienone is 1. The Morgan fingerprint density at radius 2 is 2.00 bits per heavy atom. The van der Waals surface area contributed by atoms with Crippen LogP contribution in [0.4, 0.5) is 5.69 Å². The van der Waals surface area contributed by atoms with E-state index in [-0.39, 0.29) is 22.8 Å². The van der Waals surface area contributed by atoms with Gasteiger partial charge in [0, 0.05) is 23.5 Å². The Morgan fingerprint density at radius 1 is 1.18 bits per heavy atom. The molecular weight excluding hydrogens is 600 g/mol. The number of nitrogens with two attached hydrogens (primary N) is 1. The standard InChI is InChI=1S/C34H43ClN2O6S/c1-33(15-4-7-31(33)44(36,41)42)14-3-6-29(38)26-11-8-24(26)19-37-20-34(16-2-5-22-17-25(35)10-12-27(22)34)21-43-30-13-9-23(32(39)40)18-28(30)37/h3,6,9-10,12-13,17-18,24,26,29,31,38H,2,4-5,7-8,11,14-16,19-21H2,1H3,(H,39,40)(H2,36,41,42)/b6-3+/t24-,26+,29?,31-,33+,34-/m0/s1. The van der Waals surface area contributed by atoms with Crippen molar-refractivity contribution < 1.29 is 28.2 Å². The molecule has 0 aromatic heterocycles. The second kappa shape index (κ2) is 12.0. The van der Waals surface area contributed by atoms with Gasteiger partial charge in [-0.15, -0.1) is 0 Å². The molecule has 2 aromatic rings. The summed E-state index contributed by atoms with van der Waals surface area (Å²) in [6, 6.07) is 11.2. The number of carboxylic acid groups (broad SMARTS) is 1. The third-order valence-corrected chi connectivity index (χ3v) is 12.8. The summed E-state index contributed by atoms with van der Waals surface area (Å²) < 4.78 is 30.8. The lowest BCUT2D eigenvalue weighted by Crippen LogP contribution is -2.49. The topological polar surface area (TPSA) is 130 Å². The number of anilines is 1. The third kappa shape index (κ3) is 6.00. The van der Waals surface area contributed by atoms with Gasteiger partial charge in [-0.1, -0.05) is 43.2 Å². The van der Waals surface area contributed by atoms with Gasteiger partial charge in [-0.05, 0) is 110 Å². The van der Waals surface area contributed by atoms with E-state index in [4.69, 9.17) is 21.5 Å². The minimum Gasteiger partial charge on any atom is -0.490 e. The molecule has 6 atom stereocenters.